The molecule has 1 aromatic heterocycles. The molecule has 0 aliphatic carbocycles. The molecular weight excluding hydrogens is 336 g/mol. The highest BCUT2D eigenvalue weighted by Crippen LogP contribution is 2.34. The van der Waals surface area contributed by atoms with Gasteiger partial charge in [-0.1, -0.05) is 52.3 Å². The maximum Gasteiger partial charge on any atom is 0.136 e. The van der Waals surface area contributed by atoms with E-state index in [1.54, 1.807) is 0 Å². The van der Waals surface area contributed by atoms with Crippen LogP contribution < -0.4 is 4.90 Å². The molecule has 0 N–H and O–H groups in total. The fraction of sp³-hybridized carbons (Fsp3) is 0.211. The van der Waals surface area contributed by atoms with Gasteiger partial charge in [0.2, 0.25) is 0 Å². The Morgan fingerprint density at radius 1 is 1.05 bits per heavy atom. The van der Waals surface area contributed by atoms with E-state index >= 15 is 0 Å². The Bertz CT molecular complexity index is 849. The molecule has 2 nitrogen and oxygen atoms in total. The number of benzene rings is 2. The first-order valence-corrected chi connectivity index (χ1v) is 8.39. The number of nitrogens with zero attached hydrogens (tertiary/aromatic N) is 2. The number of aromatic nitrogens is 1. The minimum Gasteiger partial charge on any atom is -0.351 e. The molecule has 0 amide bonds. The van der Waals surface area contributed by atoms with Crippen molar-refractivity contribution in [2.75, 3.05) is 11.4 Å². The summed E-state index contributed by atoms with van der Waals surface area (Å²) in [7, 11) is 0. The van der Waals surface area contributed by atoms with Crippen molar-refractivity contribution in [1.82, 2.24) is 4.98 Å². The molecule has 0 bridgehead atoms. The molecule has 0 spiro atoms. The van der Waals surface area contributed by atoms with Crippen LogP contribution in [0.15, 0.2) is 53.1 Å². The van der Waals surface area contributed by atoms with Gasteiger partial charge in [0, 0.05) is 34.5 Å². The number of pyridine rings is 1. The molecule has 3 aromatic rings. The van der Waals surface area contributed by atoms with Crippen LogP contribution in [0.2, 0.25) is 0 Å². The van der Waals surface area contributed by atoms with Crippen LogP contribution in [0.5, 0.6) is 0 Å². The van der Waals surface area contributed by atoms with Crippen molar-refractivity contribution in [3.05, 3.63) is 69.8 Å². The molecule has 0 saturated heterocycles. The van der Waals surface area contributed by atoms with Gasteiger partial charge in [0.1, 0.15) is 5.82 Å². The van der Waals surface area contributed by atoms with Gasteiger partial charge < -0.3 is 4.90 Å². The summed E-state index contributed by atoms with van der Waals surface area (Å²) in [4.78, 5) is 7.15. The lowest BCUT2D eigenvalue weighted by Gasteiger charge is -2.30. The van der Waals surface area contributed by atoms with E-state index < -0.39 is 0 Å². The van der Waals surface area contributed by atoms with Crippen LogP contribution in [0.25, 0.3) is 10.8 Å². The van der Waals surface area contributed by atoms with E-state index in [4.69, 9.17) is 4.98 Å². The summed E-state index contributed by atoms with van der Waals surface area (Å²) in [5.74, 6) is 1.09. The summed E-state index contributed by atoms with van der Waals surface area (Å²) in [6, 6.07) is 15.1. The zero-order valence-electron chi connectivity index (χ0n) is 12.5. The topological polar surface area (TPSA) is 16.1 Å². The lowest BCUT2D eigenvalue weighted by Crippen LogP contribution is -2.31. The van der Waals surface area contributed by atoms with E-state index in [-0.39, 0.29) is 0 Å². The van der Waals surface area contributed by atoms with Crippen LogP contribution in [0, 0.1) is 6.92 Å². The molecule has 3 heteroatoms. The third-order valence-corrected chi connectivity index (χ3v) is 5.12. The Hall–Kier alpha value is -1.87. The largest absolute Gasteiger partial charge is 0.351 e. The average molecular weight is 353 g/mol. The Kier molecular flexibility index (Phi) is 3.38. The SMILES string of the molecule is Cc1cnc(N2CCc3ccccc3C2)c2cccc(Br)c12. The van der Waals surface area contributed by atoms with E-state index in [9.17, 15) is 0 Å². The zero-order valence-corrected chi connectivity index (χ0v) is 14.1. The highest BCUT2D eigenvalue weighted by molar-refractivity contribution is 9.10. The van der Waals surface area contributed by atoms with Crippen molar-refractivity contribution in [2.24, 2.45) is 0 Å². The molecule has 110 valence electrons. The van der Waals surface area contributed by atoms with Crippen LogP contribution in [-0.4, -0.2) is 11.5 Å². The van der Waals surface area contributed by atoms with E-state index in [0.29, 0.717) is 0 Å². The highest BCUT2D eigenvalue weighted by atomic mass is 79.9. The molecule has 4 rings (SSSR count). The second-order valence-corrected chi connectivity index (χ2v) is 6.72. The van der Waals surface area contributed by atoms with E-state index in [2.05, 4.69) is 70.2 Å². The number of aryl methyl sites for hydroxylation is 1. The van der Waals surface area contributed by atoms with Crippen LogP contribution in [0.4, 0.5) is 5.82 Å². The summed E-state index contributed by atoms with van der Waals surface area (Å²) in [5.41, 5.74) is 4.10. The molecule has 2 heterocycles. The molecule has 0 radical (unpaired) electrons. The summed E-state index contributed by atoms with van der Waals surface area (Å²) in [6.07, 6.45) is 3.07. The maximum atomic E-state index is 4.75. The summed E-state index contributed by atoms with van der Waals surface area (Å²) >= 11 is 3.69. The van der Waals surface area contributed by atoms with Crippen LogP contribution in [0.1, 0.15) is 16.7 Å². The van der Waals surface area contributed by atoms with Crippen LogP contribution >= 0.6 is 15.9 Å². The molecule has 22 heavy (non-hydrogen) atoms. The highest BCUT2D eigenvalue weighted by Gasteiger charge is 2.19. The van der Waals surface area contributed by atoms with Crippen LogP contribution in [0.3, 0.4) is 0 Å². The molecule has 2 aromatic carbocycles. The van der Waals surface area contributed by atoms with Crippen molar-refractivity contribution in [3.8, 4) is 0 Å². The number of anilines is 1. The lowest BCUT2D eigenvalue weighted by molar-refractivity contribution is 0.724. The van der Waals surface area contributed by atoms with Crippen molar-refractivity contribution < 1.29 is 0 Å². The number of rotatable bonds is 1. The molecule has 1 aliphatic rings. The zero-order chi connectivity index (χ0) is 15.1. The van der Waals surface area contributed by atoms with E-state index in [0.717, 1.165) is 29.8 Å². The fourth-order valence-electron chi connectivity index (χ4n) is 3.33. The summed E-state index contributed by atoms with van der Waals surface area (Å²) in [5, 5.41) is 2.50. The van der Waals surface area contributed by atoms with Gasteiger partial charge in [-0.2, -0.15) is 0 Å². The second kappa shape index (κ2) is 5.40. The van der Waals surface area contributed by atoms with Gasteiger partial charge in [0.25, 0.3) is 0 Å². The Morgan fingerprint density at radius 3 is 2.73 bits per heavy atom. The average Bonchev–Trinajstić information content (AvgIpc) is 2.55. The van der Waals surface area contributed by atoms with Gasteiger partial charge in [0.05, 0.1) is 0 Å². The summed E-state index contributed by atoms with van der Waals surface area (Å²) in [6.45, 7) is 4.08. The molecule has 0 atom stereocenters. The number of hydrogen-bond acceptors (Lipinski definition) is 2. The van der Waals surface area contributed by atoms with E-state index in [1.807, 2.05) is 6.20 Å². The predicted molar refractivity (Wildman–Crippen MR) is 95.4 cm³/mol. The van der Waals surface area contributed by atoms with Gasteiger partial charge in [-0.25, -0.2) is 4.98 Å². The maximum absolute atomic E-state index is 4.75. The van der Waals surface area contributed by atoms with Crippen molar-refractivity contribution in [1.29, 1.82) is 0 Å². The standard InChI is InChI=1S/C19H17BrN2/c1-13-11-21-19(16-7-4-8-17(20)18(13)16)22-10-9-14-5-2-3-6-15(14)12-22/h2-8,11H,9-10,12H2,1H3. The molecule has 1 aliphatic heterocycles. The Morgan fingerprint density at radius 2 is 1.86 bits per heavy atom. The first kappa shape index (κ1) is 13.8. The van der Waals surface area contributed by atoms with Crippen molar-refractivity contribution >= 4 is 32.5 Å². The quantitative estimate of drug-likeness (QED) is 0.621. The smallest absolute Gasteiger partial charge is 0.136 e. The third kappa shape index (κ3) is 2.20. The third-order valence-electron chi connectivity index (χ3n) is 4.46. The monoisotopic (exact) mass is 352 g/mol. The first-order chi connectivity index (χ1) is 10.7. The molecular formula is C19H17BrN2. The number of halogens is 1. The molecule has 0 fully saturated rings. The van der Waals surface area contributed by atoms with Gasteiger partial charge in [-0.05, 0) is 36.1 Å². The number of fused-ring (bicyclic) bond motifs is 2. The Labute approximate surface area is 138 Å². The van der Waals surface area contributed by atoms with Crippen molar-refractivity contribution in [3.63, 3.8) is 0 Å². The second-order valence-electron chi connectivity index (χ2n) is 5.87. The first-order valence-electron chi connectivity index (χ1n) is 7.59. The number of hydrogen-bond donors (Lipinski definition) is 0. The minimum absolute atomic E-state index is 0.938. The van der Waals surface area contributed by atoms with Gasteiger partial charge >= 0.3 is 0 Å². The normalized spacial score (nSPS) is 14.2. The predicted octanol–water partition coefficient (Wildman–Crippen LogP) is 4.87. The van der Waals surface area contributed by atoms with Gasteiger partial charge in [-0.3, -0.25) is 0 Å². The minimum atomic E-state index is 0.938. The van der Waals surface area contributed by atoms with E-state index in [1.165, 1.54) is 27.5 Å². The lowest BCUT2D eigenvalue weighted by atomic mass is 9.99. The molecule has 0 unspecified atom stereocenters. The van der Waals surface area contributed by atoms with Gasteiger partial charge in [0.15, 0.2) is 0 Å². The molecule has 0 saturated carbocycles. The Balaban J connectivity index is 1.83. The van der Waals surface area contributed by atoms with Crippen molar-refractivity contribution in [2.45, 2.75) is 19.9 Å². The fourth-order valence-corrected chi connectivity index (χ4v) is 4.01. The van der Waals surface area contributed by atoms with Crippen LogP contribution in [-0.2, 0) is 13.0 Å². The summed E-state index contributed by atoms with van der Waals surface area (Å²) < 4.78 is 1.14. The van der Waals surface area contributed by atoms with Gasteiger partial charge in [-0.15, -0.1) is 0 Å².